The lowest BCUT2D eigenvalue weighted by Crippen LogP contribution is -2.23. The first-order valence-electron chi connectivity index (χ1n) is 4.91. The van der Waals surface area contributed by atoms with Crippen molar-refractivity contribution in [3.63, 3.8) is 0 Å². The van der Waals surface area contributed by atoms with Crippen LogP contribution in [0.2, 0.25) is 0 Å². The van der Waals surface area contributed by atoms with Crippen LogP contribution in [-0.4, -0.2) is 17.6 Å². The number of benzene rings is 1. The molecule has 16 heavy (non-hydrogen) atoms. The van der Waals surface area contributed by atoms with Gasteiger partial charge in [-0.25, -0.2) is 0 Å². The van der Waals surface area contributed by atoms with E-state index in [0.717, 1.165) is 9.14 Å². The lowest BCUT2D eigenvalue weighted by atomic mass is 10.2. The smallest absolute Gasteiger partial charge is 0.255 e. The number of phenols is 1. The standard InChI is InChI=1S/C12H14INO2/c1-8(2)5-6-14-12(16)10-7-9(13)3-4-11(10)15/h3-5,7,15H,6H2,1-2H3,(H,14,16). The van der Waals surface area contributed by atoms with Gasteiger partial charge in [0.05, 0.1) is 5.56 Å². The molecular weight excluding hydrogens is 317 g/mol. The van der Waals surface area contributed by atoms with Gasteiger partial charge in [0.2, 0.25) is 0 Å². The minimum Gasteiger partial charge on any atom is -0.507 e. The highest BCUT2D eigenvalue weighted by atomic mass is 127. The fraction of sp³-hybridized carbons (Fsp3) is 0.250. The zero-order valence-electron chi connectivity index (χ0n) is 9.25. The van der Waals surface area contributed by atoms with Gasteiger partial charge >= 0.3 is 0 Å². The quantitative estimate of drug-likeness (QED) is 0.661. The third kappa shape index (κ3) is 3.84. The van der Waals surface area contributed by atoms with Crippen LogP contribution in [0.5, 0.6) is 5.75 Å². The van der Waals surface area contributed by atoms with Crippen molar-refractivity contribution in [2.75, 3.05) is 6.54 Å². The molecule has 0 spiro atoms. The van der Waals surface area contributed by atoms with E-state index in [4.69, 9.17) is 0 Å². The molecule has 0 bridgehead atoms. The van der Waals surface area contributed by atoms with E-state index in [-0.39, 0.29) is 11.7 Å². The summed E-state index contributed by atoms with van der Waals surface area (Å²) in [6.45, 7) is 4.41. The molecule has 0 saturated carbocycles. The second-order valence-corrected chi connectivity index (χ2v) is 4.90. The number of hydrogen-bond donors (Lipinski definition) is 2. The van der Waals surface area contributed by atoms with Crippen molar-refractivity contribution in [2.24, 2.45) is 0 Å². The Morgan fingerprint density at radius 1 is 1.50 bits per heavy atom. The molecule has 0 atom stereocenters. The minimum absolute atomic E-state index is 0.00937. The summed E-state index contributed by atoms with van der Waals surface area (Å²) in [5.41, 5.74) is 1.46. The number of carbonyl (C=O) groups excluding carboxylic acids is 1. The molecule has 0 fully saturated rings. The highest BCUT2D eigenvalue weighted by Gasteiger charge is 2.10. The van der Waals surface area contributed by atoms with E-state index in [1.807, 2.05) is 19.9 Å². The molecule has 0 aromatic heterocycles. The number of amides is 1. The fourth-order valence-electron chi connectivity index (χ4n) is 1.13. The van der Waals surface area contributed by atoms with Crippen LogP contribution in [0.1, 0.15) is 24.2 Å². The van der Waals surface area contributed by atoms with E-state index in [2.05, 4.69) is 27.9 Å². The Morgan fingerprint density at radius 2 is 2.19 bits per heavy atom. The summed E-state index contributed by atoms with van der Waals surface area (Å²) in [6, 6.07) is 4.94. The number of halogens is 1. The second-order valence-electron chi connectivity index (χ2n) is 3.65. The van der Waals surface area contributed by atoms with Gasteiger partial charge in [-0.2, -0.15) is 0 Å². The number of nitrogens with one attached hydrogen (secondary N) is 1. The van der Waals surface area contributed by atoms with Crippen molar-refractivity contribution in [3.8, 4) is 5.75 Å². The van der Waals surface area contributed by atoms with Gasteiger partial charge in [0.15, 0.2) is 0 Å². The zero-order valence-corrected chi connectivity index (χ0v) is 11.4. The van der Waals surface area contributed by atoms with Crippen molar-refractivity contribution in [2.45, 2.75) is 13.8 Å². The van der Waals surface area contributed by atoms with Crippen LogP contribution >= 0.6 is 22.6 Å². The van der Waals surface area contributed by atoms with E-state index in [1.54, 1.807) is 12.1 Å². The first-order chi connectivity index (χ1) is 7.50. The number of allylic oxidation sites excluding steroid dienone is 1. The maximum Gasteiger partial charge on any atom is 0.255 e. The van der Waals surface area contributed by atoms with Crippen LogP contribution in [0.25, 0.3) is 0 Å². The summed E-state index contributed by atoms with van der Waals surface area (Å²) in [5, 5.41) is 12.3. The Kier molecular flexibility index (Phi) is 4.79. The average Bonchev–Trinajstić information content (AvgIpc) is 2.21. The third-order valence-corrected chi connectivity index (χ3v) is 2.65. The molecule has 2 N–H and O–H groups in total. The molecule has 4 heteroatoms. The monoisotopic (exact) mass is 331 g/mol. The predicted molar refractivity (Wildman–Crippen MR) is 72.6 cm³/mol. The van der Waals surface area contributed by atoms with E-state index in [1.165, 1.54) is 6.07 Å². The lowest BCUT2D eigenvalue weighted by Gasteiger charge is -2.05. The Hall–Kier alpha value is -1.04. The van der Waals surface area contributed by atoms with Crippen molar-refractivity contribution < 1.29 is 9.90 Å². The third-order valence-electron chi connectivity index (χ3n) is 1.98. The van der Waals surface area contributed by atoms with E-state index in [9.17, 15) is 9.90 Å². The van der Waals surface area contributed by atoms with Crippen LogP contribution in [-0.2, 0) is 0 Å². The van der Waals surface area contributed by atoms with Gasteiger partial charge in [-0.3, -0.25) is 4.79 Å². The molecule has 1 rings (SSSR count). The summed E-state index contributed by atoms with van der Waals surface area (Å²) < 4.78 is 0.919. The molecular formula is C12H14INO2. The summed E-state index contributed by atoms with van der Waals surface area (Å²) in [4.78, 5) is 11.7. The van der Waals surface area contributed by atoms with Crippen molar-refractivity contribution in [1.29, 1.82) is 0 Å². The predicted octanol–water partition coefficient (Wildman–Crippen LogP) is 2.69. The Morgan fingerprint density at radius 3 is 2.81 bits per heavy atom. The minimum atomic E-state index is -0.256. The lowest BCUT2D eigenvalue weighted by molar-refractivity contribution is 0.0955. The Labute approximate surface area is 109 Å². The van der Waals surface area contributed by atoms with Gasteiger partial charge in [0.1, 0.15) is 5.75 Å². The number of carbonyl (C=O) groups is 1. The van der Waals surface area contributed by atoms with Crippen LogP contribution in [0.4, 0.5) is 0 Å². The van der Waals surface area contributed by atoms with Gasteiger partial charge in [-0.15, -0.1) is 0 Å². The number of rotatable bonds is 3. The molecule has 86 valence electrons. The second kappa shape index (κ2) is 5.89. The number of phenolic OH excluding ortho intramolecular Hbond substituents is 1. The van der Waals surface area contributed by atoms with Crippen molar-refractivity contribution in [1.82, 2.24) is 5.32 Å². The van der Waals surface area contributed by atoms with Crippen LogP contribution < -0.4 is 5.32 Å². The highest BCUT2D eigenvalue weighted by molar-refractivity contribution is 14.1. The molecule has 0 saturated heterocycles. The van der Waals surface area contributed by atoms with Gasteiger partial charge in [-0.1, -0.05) is 11.6 Å². The molecule has 1 amide bonds. The molecule has 1 aromatic carbocycles. The highest BCUT2D eigenvalue weighted by Crippen LogP contribution is 2.19. The molecule has 0 aliphatic heterocycles. The summed E-state index contributed by atoms with van der Waals surface area (Å²) in [7, 11) is 0. The molecule has 0 heterocycles. The molecule has 3 nitrogen and oxygen atoms in total. The van der Waals surface area contributed by atoms with E-state index in [0.29, 0.717) is 12.1 Å². The number of hydrogen-bond acceptors (Lipinski definition) is 2. The van der Waals surface area contributed by atoms with Gasteiger partial charge in [0.25, 0.3) is 5.91 Å². The zero-order chi connectivity index (χ0) is 12.1. The van der Waals surface area contributed by atoms with Crippen LogP contribution in [0.15, 0.2) is 29.8 Å². The van der Waals surface area contributed by atoms with Gasteiger partial charge in [0, 0.05) is 10.1 Å². The molecule has 0 aliphatic carbocycles. The van der Waals surface area contributed by atoms with E-state index < -0.39 is 0 Å². The molecule has 0 aliphatic rings. The summed E-state index contributed by atoms with van der Waals surface area (Å²) in [6.07, 6.45) is 1.92. The molecule has 1 aromatic rings. The fourth-order valence-corrected chi connectivity index (χ4v) is 1.62. The summed E-state index contributed by atoms with van der Waals surface area (Å²) in [5.74, 6) is -0.247. The maximum absolute atomic E-state index is 11.7. The van der Waals surface area contributed by atoms with Gasteiger partial charge in [-0.05, 0) is 54.6 Å². The Bertz CT molecular complexity index is 423. The van der Waals surface area contributed by atoms with E-state index >= 15 is 0 Å². The number of aromatic hydroxyl groups is 1. The first kappa shape index (κ1) is 13.0. The SMILES string of the molecule is CC(C)=CCNC(=O)c1cc(I)ccc1O. The van der Waals surface area contributed by atoms with Crippen LogP contribution in [0.3, 0.4) is 0 Å². The Balaban J connectivity index is 2.73. The van der Waals surface area contributed by atoms with Crippen molar-refractivity contribution in [3.05, 3.63) is 39.0 Å². The largest absolute Gasteiger partial charge is 0.507 e. The summed E-state index contributed by atoms with van der Waals surface area (Å²) >= 11 is 2.10. The average molecular weight is 331 g/mol. The molecule has 0 radical (unpaired) electrons. The molecule has 0 unspecified atom stereocenters. The first-order valence-corrected chi connectivity index (χ1v) is 5.98. The normalized spacial score (nSPS) is 9.69. The van der Waals surface area contributed by atoms with Gasteiger partial charge < -0.3 is 10.4 Å². The maximum atomic E-state index is 11.7. The van der Waals surface area contributed by atoms with Crippen LogP contribution in [0, 0.1) is 3.57 Å². The topological polar surface area (TPSA) is 49.3 Å². The van der Waals surface area contributed by atoms with Crippen molar-refractivity contribution >= 4 is 28.5 Å².